The molecular weight excluding hydrogens is 349 g/mol. The van der Waals surface area contributed by atoms with Gasteiger partial charge in [0.15, 0.2) is 0 Å². The fraction of sp³-hybridized carbons (Fsp3) is 0.400. The molecule has 6 nitrogen and oxygen atoms in total. The van der Waals surface area contributed by atoms with Gasteiger partial charge in [-0.05, 0) is 30.7 Å². The number of ether oxygens (including phenoxy) is 3. The molecule has 1 fully saturated rings. The number of fused-ring (bicyclic) bond motifs is 4. The zero-order chi connectivity index (χ0) is 18.6. The molecule has 1 saturated heterocycles. The summed E-state index contributed by atoms with van der Waals surface area (Å²) >= 11 is 0. The van der Waals surface area contributed by atoms with Gasteiger partial charge in [0.25, 0.3) is 6.02 Å². The minimum Gasteiger partial charge on any atom is -0.487 e. The third-order valence-corrected chi connectivity index (χ3v) is 5.92. The lowest BCUT2D eigenvalue weighted by molar-refractivity contribution is -0.129. The molecule has 1 unspecified atom stereocenters. The molecule has 3 aliphatic heterocycles. The maximum atomic E-state index is 13.6. The Kier molecular flexibility index (Phi) is 3.46. The van der Waals surface area contributed by atoms with Crippen LogP contribution in [0.1, 0.15) is 18.9 Å². The molecule has 2 aromatic rings. The van der Waals surface area contributed by atoms with E-state index in [1.807, 2.05) is 18.2 Å². The van der Waals surface area contributed by atoms with Gasteiger partial charge in [-0.1, -0.05) is 6.07 Å². The van der Waals surface area contributed by atoms with Crippen LogP contribution in [0.2, 0.25) is 0 Å². The molecule has 1 aromatic heterocycles. The van der Waals surface area contributed by atoms with Crippen LogP contribution in [0.3, 0.4) is 0 Å². The smallest absolute Gasteiger partial charge is 0.283 e. The van der Waals surface area contributed by atoms with Gasteiger partial charge in [0.2, 0.25) is 0 Å². The van der Waals surface area contributed by atoms with Crippen LogP contribution in [0.25, 0.3) is 11.1 Å². The largest absolute Gasteiger partial charge is 0.487 e. The molecule has 27 heavy (non-hydrogen) atoms. The van der Waals surface area contributed by atoms with Crippen molar-refractivity contribution in [1.29, 1.82) is 0 Å². The van der Waals surface area contributed by atoms with Gasteiger partial charge in [-0.3, -0.25) is 4.98 Å². The van der Waals surface area contributed by atoms with E-state index >= 15 is 0 Å². The fourth-order valence-electron chi connectivity index (χ4n) is 4.50. The molecule has 140 valence electrons. The van der Waals surface area contributed by atoms with E-state index in [1.54, 1.807) is 6.20 Å². The number of halogens is 1. The first-order valence-corrected chi connectivity index (χ1v) is 9.01. The van der Waals surface area contributed by atoms with Crippen molar-refractivity contribution in [2.45, 2.75) is 24.5 Å². The first kappa shape index (κ1) is 16.5. The topological polar surface area (TPSA) is 79.0 Å². The average molecular weight is 369 g/mol. The van der Waals surface area contributed by atoms with E-state index in [0.29, 0.717) is 25.4 Å². The zero-order valence-corrected chi connectivity index (χ0v) is 14.9. The highest BCUT2D eigenvalue weighted by atomic mass is 19.1. The Balaban J connectivity index is 1.70. The molecule has 0 saturated carbocycles. The number of pyridine rings is 1. The fourth-order valence-corrected chi connectivity index (χ4v) is 4.50. The first-order valence-electron chi connectivity index (χ1n) is 9.01. The quantitative estimate of drug-likeness (QED) is 0.836. The number of benzene rings is 1. The van der Waals surface area contributed by atoms with Crippen molar-refractivity contribution in [3.63, 3.8) is 0 Å². The molecule has 4 heterocycles. The summed E-state index contributed by atoms with van der Waals surface area (Å²) < 4.78 is 31.4. The van der Waals surface area contributed by atoms with Gasteiger partial charge in [-0.25, -0.2) is 9.38 Å². The van der Waals surface area contributed by atoms with E-state index < -0.39 is 11.1 Å². The molecule has 5 rings (SSSR count). The average Bonchev–Trinajstić information content (AvgIpc) is 3.04. The van der Waals surface area contributed by atoms with Crippen molar-refractivity contribution in [3.8, 4) is 16.9 Å². The third kappa shape index (κ3) is 2.41. The van der Waals surface area contributed by atoms with Crippen molar-refractivity contribution >= 4 is 6.02 Å². The van der Waals surface area contributed by atoms with E-state index in [2.05, 4.69) is 11.9 Å². The number of amidine groups is 1. The maximum Gasteiger partial charge on any atom is 0.283 e. The van der Waals surface area contributed by atoms with Crippen LogP contribution in [-0.4, -0.2) is 36.4 Å². The van der Waals surface area contributed by atoms with Gasteiger partial charge < -0.3 is 19.9 Å². The predicted molar refractivity (Wildman–Crippen MR) is 96.8 cm³/mol. The molecular formula is C20H20FN3O3. The van der Waals surface area contributed by atoms with Gasteiger partial charge in [0.05, 0.1) is 25.3 Å². The van der Waals surface area contributed by atoms with Crippen LogP contribution >= 0.6 is 0 Å². The van der Waals surface area contributed by atoms with Crippen LogP contribution in [-0.2, 0) is 15.0 Å². The molecule has 7 heteroatoms. The molecule has 1 aromatic carbocycles. The van der Waals surface area contributed by atoms with E-state index in [4.69, 9.17) is 24.9 Å². The molecule has 0 amide bonds. The minimum absolute atomic E-state index is 0.0341. The van der Waals surface area contributed by atoms with Crippen LogP contribution in [0.15, 0.2) is 41.7 Å². The summed E-state index contributed by atoms with van der Waals surface area (Å²) in [4.78, 5) is 8.68. The van der Waals surface area contributed by atoms with E-state index in [-0.39, 0.29) is 17.8 Å². The minimum atomic E-state index is -0.677. The van der Waals surface area contributed by atoms with E-state index in [1.165, 1.54) is 12.3 Å². The Morgan fingerprint density at radius 3 is 2.89 bits per heavy atom. The SMILES string of the molecule is C[C@]12CCOC[C@H]1C1(COC(N)=N1)c1cc(-c3cncc(F)c3)ccc1O2. The lowest BCUT2D eigenvalue weighted by atomic mass is 9.66. The summed E-state index contributed by atoms with van der Waals surface area (Å²) in [5.41, 5.74) is 7.25. The number of nitrogens with zero attached hydrogens (tertiary/aromatic N) is 2. The Labute approximate surface area is 156 Å². The molecule has 0 aliphatic carbocycles. The Morgan fingerprint density at radius 1 is 1.22 bits per heavy atom. The Bertz CT molecular complexity index is 950. The highest BCUT2D eigenvalue weighted by Crippen LogP contribution is 2.54. The van der Waals surface area contributed by atoms with Gasteiger partial charge >= 0.3 is 0 Å². The highest BCUT2D eigenvalue weighted by Gasteiger charge is 2.59. The van der Waals surface area contributed by atoms with Crippen molar-refractivity contribution in [2.24, 2.45) is 16.6 Å². The zero-order valence-electron chi connectivity index (χ0n) is 14.9. The van der Waals surface area contributed by atoms with Crippen molar-refractivity contribution in [1.82, 2.24) is 4.98 Å². The molecule has 0 radical (unpaired) electrons. The third-order valence-electron chi connectivity index (χ3n) is 5.92. The van der Waals surface area contributed by atoms with Gasteiger partial charge in [0.1, 0.15) is 29.3 Å². The van der Waals surface area contributed by atoms with Crippen LogP contribution in [0, 0.1) is 11.7 Å². The molecule has 0 bridgehead atoms. The van der Waals surface area contributed by atoms with Gasteiger partial charge in [0, 0.05) is 23.7 Å². The summed E-state index contributed by atoms with van der Waals surface area (Å²) in [6, 6.07) is 7.44. The summed E-state index contributed by atoms with van der Waals surface area (Å²) in [6.07, 6.45) is 3.59. The lowest BCUT2D eigenvalue weighted by Gasteiger charge is -2.52. The molecule has 1 spiro atoms. The normalized spacial score (nSPS) is 31.5. The summed E-state index contributed by atoms with van der Waals surface area (Å²) in [6.45, 7) is 3.59. The highest BCUT2D eigenvalue weighted by molar-refractivity contribution is 5.75. The van der Waals surface area contributed by atoms with E-state index in [9.17, 15) is 4.39 Å². The lowest BCUT2D eigenvalue weighted by Crippen LogP contribution is -2.59. The van der Waals surface area contributed by atoms with Crippen LogP contribution < -0.4 is 10.5 Å². The monoisotopic (exact) mass is 369 g/mol. The van der Waals surface area contributed by atoms with Gasteiger partial charge in [-0.2, -0.15) is 0 Å². The van der Waals surface area contributed by atoms with Crippen molar-refractivity contribution in [2.75, 3.05) is 19.8 Å². The number of hydrogen-bond donors (Lipinski definition) is 1. The summed E-state index contributed by atoms with van der Waals surface area (Å²) in [7, 11) is 0. The first-order chi connectivity index (χ1) is 13.0. The number of nitrogens with two attached hydrogens (primary N) is 1. The van der Waals surface area contributed by atoms with Crippen molar-refractivity contribution in [3.05, 3.63) is 48.0 Å². The number of aliphatic imine (C=N–C) groups is 1. The van der Waals surface area contributed by atoms with Crippen molar-refractivity contribution < 1.29 is 18.6 Å². The van der Waals surface area contributed by atoms with Gasteiger partial charge in [-0.15, -0.1) is 0 Å². The Hall–Kier alpha value is -2.67. The van der Waals surface area contributed by atoms with Crippen LogP contribution in [0.5, 0.6) is 5.75 Å². The Morgan fingerprint density at radius 2 is 2.11 bits per heavy atom. The summed E-state index contributed by atoms with van der Waals surface area (Å²) in [5.74, 6) is 0.343. The molecule has 2 N–H and O–H groups in total. The predicted octanol–water partition coefficient (Wildman–Crippen LogP) is 2.62. The molecule has 3 aliphatic rings. The molecule has 3 atom stereocenters. The maximum absolute atomic E-state index is 13.6. The standard InChI is InChI=1S/C20H20FN3O3/c1-19-4-5-25-10-17(19)20(11-26-18(22)24-20)15-7-12(2-3-16(15)27-19)13-6-14(21)9-23-8-13/h2-3,6-9,17H,4-5,10-11H2,1H3,(H2,22,24)/t17-,19+,20?/m1/s1. The van der Waals surface area contributed by atoms with Crippen LogP contribution in [0.4, 0.5) is 4.39 Å². The second-order valence-electron chi connectivity index (χ2n) is 7.56. The number of rotatable bonds is 1. The summed E-state index contributed by atoms with van der Waals surface area (Å²) in [5, 5.41) is 0. The second-order valence-corrected chi connectivity index (χ2v) is 7.56. The van der Waals surface area contributed by atoms with E-state index in [0.717, 1.165) is 23.3 Å². The second kappa shape index (κ2) is 5.66. The number of hydrogen-bond acceptors (Lipinski definition) is 6. The number of aromatic nitrogens is 1.